The molecule has 2 N–H and O–H groups in total. The van der Waals surface area contributed by atoms with Crippen LogP contribution < -0.4 is 5.73 Å². The summed E-state index contributed by atoms with van der Waals surface area (Å²) in [6, 6.07) is 4.54. The fraction of sp³-hybridized carbons (Fsp3) is 0.750. The zero-order valence-electron chi connectivity index (χ0n) is 20.1. The Balaban J connectivity index is 1.18. The standard InChI is InChI=1S/C24H36N6O4/c1-24(2)33-21-19(14-29-8-3-4-16(29)7-9-28-10-12-31-13-11-28)32-20(22(21)34-24)17-5-6-18-23(25)26-15-27-30(17)18/h5-6,15-16,19-22H,3-4,7-14H2,1-2H3,(H2,25,26,27)/t16-,19+,20-,21+,22-/m0/s1. The number of ether oxygens (including phenoxy) is 4. The van der Waals surface area contributed by atoms with Gasteiger partial charge in [0.15, 0.2) is 11.6 Å². The molecule has 10 nitrogen and oxygen atoms in total. The fourth-order valence-corrected chi connectivity index (χ4v) is 6.11. The van der Waals surface area contributed by atoms with E-state index in [0.717, 1.165) is 57.1 Å². The lowest BCUT2D eigenvalue weighted by Gasteiger charge is -2.32. The Hall–Kier alpha value is -1.82. The zero-order chi connectivity index (χ0) is 23.3. The summed E-state index contributed by atoms with van der Waals surface area (Å²) in [5.41, 5.74) is 7.77. The third kappa shape index (κ3) is 4.20. The molecule has 34 heavy (non-hydrogen) atoms. The van der Waals surface area contributed by atoms with E-state index in [4.69, 9.17) is 24.7 Å². The smallest absolute Gasteiger partial charge is 0.164 e. The minimum Gasteiger partial charge on any atom is -0.382 e. The number of aromatic nitrogens is 3. The Kier molecular flexibility index (Phi) is 5.99. The summed E-state index contributed by atoms with van der Waals surface area (Å²) in [6.07, 6.45) is 4.50. The molecule has 6 heterocycles. The Morgan fingerprint density at radius 3 is 2.79 bits per heavy atom. The Labute approximate surface area is 200 Å². The topological polar surface area (TPSA) is 99.6 Å². The number of hydrogen-bond acceptors (Lipinski definition) is 9. The number of fused-ring (bicyclic) bond motifs is 2. The van der Waals surface area contributed by atoms with E-state index in [1.165, 1.54) is 25.6 Å². The normalized spacial score (nSPS) is 34.2. The van der Waals surface area contributed by atoms with Gasteiger partial charge in [-0.15, -0.1) is 0 Å². The van der Waals surface area contributed by atoms with E-state index >= 15 is 0 Å². The molecular formula is C24H36N6O4. The predicted molar refractivity (Wildman–Crippen MR) is 125 cm³/mol. The average molecular weight is 473 g/mol. The van der Waals surface area contributed by atoms with Gasteiger partial charge in [-0.05, 0) is 58.3 Å². The first kappa shape index (κ1) is 22.6. The summed E-state index contributed by atoms with van der Waals surface area (Å²) in [5.74, 6) is -0.186. The highest BCUT2D eigenvalue weighted by Crippen LogP contribution is 2.46. The van der Waals surface area contributed by atoms with Crippen molar-refractivity contribution in [1.82, 2.24) is 24.4 Å². The SMILES string of the molecule is CC1(C)O[C@@H]2[C@H](O1)[C@@H](CN1CCC[C@H]1CCN1CCOCC1)O[C@H]2c1ccc2c(N)ncnn12. The van der Waals surface area contributed by atoms with Gasteiger partial charge in [0, 0.05) is 25.7 Å². The van der Waals surface area contributed by atoms with Gasteiger partial charge in [0.25, 0.3) is 0 Å². The summed E-state index contributed by atoms with van der Waals surface area (Å²) in [4.78, 5) is 9.25. The van der Waals surface area contributed by atoms with E-state index in [2.05, 4.69) is 19.9 Å². The number of anilines is 1. The summed E-state index contributed by atoms with van der Waals surface area (Å²) in [7, 11) is 0. The molecule has 4 saturated heterocycles. The van der Waals surface area contributed by atoms with E-state index in [-0.39, 0.29) is 24.4 Å². The van der Waals surface area contributed by atoms with Crippen molar-refractivity contribution in [1.29, 1.82) is 0 Å². The Bertz CT molecular complexity index is 1010. The Morgan fingerprint density at radius 2 is 1.94 bits per heavy atom. The average Bonchev–Trinajstić information content (AvgIpc) is 3.58. The van der Waals surface area contributed by atoms with Crippen LogP contribution in [0.15, 0.2) is 18.5 Å². The second kappa shape index (κ2) is 9.00. The van der Waals surface area contributed by atoms with Crippen LogP contribution in [-0.4, -0.2) is 100 Å². The first-order chi connectivity index (χ1) is 16.5. The lowest BCUT2D eigenvalue weighted by molar-refractivity contribution is -0.190. The molecule has 4 aliphatic heterocycles. The van der Waals surface area contributed by atoms with Crippen LogP contribution in [0.3, 0.4) is 0 Å². The highest BCUT2D eigenvalue weighted by molar-refractivity contribution is 5.65. The summed E-state index contributed by atoms with van der Waals surface area (Å²) < 4.78 is 26.8. The van der Waals surface area contributed by atoms with Crippen LogP contribution in [0.25, 0.3) is 5.52 Å². The second-order valence-electron chi connectivity index (χ2n) is 10.4. The lowest BCUT2D eigenvalue weighted by atomic mass is 10.0. The number of rotatable bonds is 6. The molecule has 2 aromatic rings. The van der Waals surface area contributed by atoms with Gasteiger partial charge >= 0.3 is 0 Å². The third-order valence-electron chi connectivity index (χ3n) is 7.75. The van der Waals surface area contributed by atoms with E-state index < -0.39 is 5.79 Å². The van der Waals surface area contributed by atoms with Crippen LogP contribution >= 0.6 is 0 Å². The number of hydrogen-bond donors (Lipinski definition) is 1. The minimum absolute atomic E-state index is 0.0644. The molecule has 0 radical (unpaired) electrons. The maximum absolute atomic E-state index is 6.68. The molecule has 0 saturated carbocycles. The van der Waals surface area contributed by atoms with Crippen LogP contribution in [0.4, 0.5) is 5.82 Å². The fourth-order valence-electron chi connectivity index (χ4n) is 6.11. The highest BCUT2D eigenvalue weighted by atomic mass is 16.8. The van der Waals surface area contributed by atoms with Crippen LogP contribution in [-0.2, 0) is 18.9 Å². The van der Waals surface area contributed by atoms with Crippen molar-refractivity contribution in [2.75, 3.05) is 51.7 Å². The van der Waals surface area contributed by atoms with Crippen molar-refractivity contribution in [3.8, 4) is 0 Å². The van der Waals surface area contributed by atoms with Crippen molar-refractivity contribution in [2.24, 2.45) is 0 Å². The molecule has 2 aromatic heterocycles. The Morgan fingerprint density at radius 1 is 1.12 bits per heavy atom. The molecule has 4 fully saturated rings. The molecule has 0 unspecified atom stereocenters. The van der Waals surface area contributed by atoms with Crippen molar-refractivity contribution < 1.29 is 18.9 Å². The molecule has 186 valence electrons. The summed E-state index contributed by atoms with van der Waals surface area (Å²) in [6.45, 7) is 10.9. The van der Waals surface area contributed by atoms with Gasteiger partial charge < -0.3 is 24.7 Å². The van der Waals surface area contributed by atoms with E-state index in [1.807, 2.05) is 30.5 Å². The number of nitrogens with zero attached hydrogens (tertiary/aromatic N) is 5. The van der Waals surface area contributed by atoms with Crippen molar-refractivity contribution in [2.45, 2.75) is 69.4 Å². The van der Waals surface area contributed by atoms with Gasteiger partial charge in [-0.25, -0.2) is 9.50 Å². The molecule has 6 rings (SSSR count). The first-order valence-electron chi connectivity index (χ1n) is 12.6. The first-order valence-corrected chi connectivity index (χ1v) is 12.6. The van der Waals surface area contributed by atoms with E-state index in [0.29, 0.717) is 11.9 Å². The van der Waals surface area contributed by atoms with Crippen molar-refractivity contribution in [3.63, 3.8) is 0 Å². The van der Waals surface area contributed by atoms with Gasteiger partial charge in [0.1, 0.15) is 36.3 Å². The maximum atomic E-state index is 6.68. The van der Waals surface area contributed by atoms with Crippen LogP contribution in [0.5, 0.6) is 0 Å². The van der Waals surface area contributed by atoms with Crippen molar-refractivity contribution in [3.05, 3.63) is 24.2 Å². The number of nitrogens with two attached hydrogens (primary N) is 1. The van der Waals surface area contributed by atoms with Gasteiger partial charge in [0.2, 0.25) is 0 Å². The zero-order valence-corrected chi connectivity index (χ0v) is 20.1. The third-order valence-corrected chi connectivity index (χ3v) is 7.75. The number of likely N-dealkylation sites (tertiary alicyclic amines) is 1. The summed E-state index contributed by atoms with van der Waals surface area (Å²) >= 11 is 0. The lowest BCUT2D eigenvalue weighted by Crippen LogP contribution is -2.44. The molecule has 5 atom stereocenters. The van der Waals surface area contributed by atoms with E-state index in [1.54, 1.807) is 0 Å². The number of nitrogen functional groups attached to an aromatic ring is 1. The minimum atomic E-state index is -0.641. The van der Waals surface area contributed by atoms with Crippen molar-refractivity contribution >= 4 is 11.3 Å². The van der Waals surface area contributed by atoms with Crippen LogP contribution in [0.2, 0.25) is 0 Å². The molecule has 10 heteroatoms. The second-order valence-corrected chi connectivity index (χ2v) is 10.4. The monoisotopic (exact) mass is 472 g/mol. The summed E-state index contributed by atoms with van der Waals surface area (Å²) in [5, 5.41) is 4.43. The van der Waals surface area contributed by atoms with E-state index in [9.17, 15) is 0 Å². The molecule has 0 spiro atoms. The largest absolute Gasteiger partial charge is 0.382 e. The van der Waals surface area contributed by atoms with Gasteiger partial charge in [-0.3, -0.25) is 9.80 Å². The van der Waals surface area contributed by atoms with Crippen LogP contribution in [0, 0.1) is 0 Å². The predicted octanol–water partition coefficient (Wildman–Crippen LogP) is 1.46. The van der Waals surface area contributed by atoms with Gasteiger partial charge in [-0.1, -0.05) is 0 Å². The van der Waals surface area contributed by atoms with Gasteiger partial charge in [0.05, 0.1) is 18.9 Å². The molecule has 0 aromatic carbocycles. The molecule has 0 amide bonds. The number of morpholine rings is 1. The molecular weight excluding hydrogens is 436 g/mol. The molecule has 4 aliphatic rings. The van der Waals surface area contributed by atoms with Gasteiger partial charge in [-0.2, -0.15) is 5.10 Å². The molecule has 0 bridgehead atoms. The highest BCUT2D eigenvalue weighted by Gasteiger charge is 2.56. The maximum Gasteiger partial charge on any atom is 0.164 e. The molecule has 0 aliphatic carbocycles. The quantitative estimate of drug-likeness (QED) is 0.670. The van der Waals surface area contributed by atoms with Crippen LogP contribution in [0.1, 0.15) is 44.9 Å².